The highest BCUT2D eigenvalue weighted by Gasteiger charge is 2.30. The number of likely N-dealkylation sites (tertiary alicyclic amines) is 3. The van der Waals surface area contributed by atoms with Crippen LogP contribution in [0.2, 0.25) is 0 Å². The zero-order valence-corrected chi connectivity index (χ0v) is 14.3. The summed E-state index contributed by atoms with van der Waals surface area (Å²) in [5, 5.41) is 0. The second kappa shape index (κ2) is 7.78. The maximum absolute atomic E-state index is 12.6. The van der Waals surface area contributed by atoms with Crippen LogP contribution >= 0.6 is 0 Å². The topological polar surface area (TPSA) is 26.8 Å². The van der Waals surface area contributed by atoms with Gasteiger partial charge in [0.25, 0.3) is 0 Å². The molecule has 4 heteroatoms. The van der Waals surface area contributed by atoms with E-state index in [1.54, 1.807) is 0 Å². The number of carbonyl (C=O) groups is 1. The van der Waals surface area contributed by atoms with Gasteiger partial charge in [-0.25, -0.2) is 0 Å². The Morgan fingerprint density at radius 1 is 0.955 bits per heavy atom. The predicted molar refractivity (Wildman–Crippen MR) is 89.9 cm³/mol. The first kappa shape index (κ1) is 16.3. The summed E-state index contributed by atoms with van der Waals surface area (Å²) in [6, 6.07) is 0.615. The van der Waals surface area contributed by atoms with E-state index in [4.69, 9.17) is 0 Å². The van der Waals surface area contributed by atoms with Gasteiger partial charge in [0, 0.05) is 25.7 Å². The minimum atomic E-state index is 0.372. The van der Waals surface area contributed by atoms with Gasteiger partial charge >= 0.3 is 0 Å². The van der Waals surface area contributed by atoms with E-state index in [0.29, 0.717) is 24.4 Å². The first-order chi connectivity index (χ1) is 10.7. The molecule has 3 fully saturated rings. The van der Waals surface area contributed by atoms with Crippen molar-refractivity contribution in [1.29, 1.82) is 0 Å². The summed E-state index contributed by atoms with van der Waals surface area (Å²) in [6.07, 6.45) is 9.13. The molecule has 3 aliphatic heterocycles. The van der Waals surface area contributed by atoms with Gasteiger partial charge in [0.2, 0.25) is 5.91 Å². The predicted octanol–water partition coefficient (Wildman–Crippen LogP) is 2.20. The molecule has 3 saturated heterocycles. The van der Waals surface area contributed by atoms with Gasteiger partial charge in [-0.2, -0.15) is 0 Å². The molecule has 0 N–H and O–H groups in total. The van der Waals surface area contributed by atoms with E-state index in [1.165, 1.54) is 64.6 Å². The molecule has 0 saturated carbocycles. The summed E-state index contributed by atoms with van der Waals surface area (Å²) in [7, 11) is 0. The number of amides is 1. The largest absolute Gasteiger partial charge is 0.341 e. The smallest absolute Gasteiger partial charge is 0.236 e. The van der Waals surface area contributed by atoms with Gasteiger partial charge in [-0.1, -0.05) is 13.3 Å². The van der Waals surface area contributed by atoms with E-state index in [0.717, 1.165) is 19.6 Å². The number of piperidine rings is 2. The van der Waals surface area contributed by atoms with Gasteiger partial charge in [-0.05, 0) is 64.1 Å². The van der Waals surface area contributed by atoms with Crippen LogP contribution < -0.4 is 0 Å². The normalized spacial score (nSPS) is 31.6. The Morgan fingerprint density at radius 2 is 1.73 bits per heavy atom. The van der Waals surface area contributed by atoms with Crippen LogP contribution in [0, 0.1) is 5.92 Å². The average molecular weight is 307 g/mol. The minimum absolute atomic E-state index is 0.372. The number of hydrogen-bond acceptors (Lipinski definition) is 3. The van der Waals surface area contributed by atoms with E-state index in [1.807, 2.05) is 0 Å². The van der Waals surface area contributed by atoms with Crippen LogP contribution in [0.1, 0.15) is 51.9 Å². The molecule has 2 atom stereocenters. The first-order valence-corrected chi connectivity index (χ1v) is 9.46. The Labute approximate surface area is 135 Å². The van der Waals surface area contributed by atoms with Crippen LogP contribution in [-0.2, 0) is 4.79 Å². The lowest BCUT2D eigenvalue weighted by molar-refractivity contribution is -0.134. The lowest BCUT2D eigenvalue weighted by Crippen LogP contribution is -2.48. The van der Waals surface area contributed by atoms with Crippen LogP contribution in [0.4, 0.5) is 0 Å². The quantitative estimate of drug-likeness (QED) is 0.796. The van der Waals surface area contributed by atoms with E-state index in [2.05, 4.69) is 21.6 Å². The van der Waals surface area contributed by atoms with E-state index < -0.39 is 0 Å². The Morgan fingerprint density at radius 3 is 2.50 bits per heavy atom. The van der Waals surface area contributed by atoms with Crippen molar-refractivity contribution in [2.45, 2.75) is 57.9 Å². The van der Waals surface area contributed by atoms with Crippen molar-refractivity contribution in [3.05, 3.63) is 0 Å². The van der Waals surface area contributed by atoms with Crippen LogP contribution in [0.3, 0.4) is 0 Å². The van der Waals surface area contributed by atoms with Crippen LogP contribution in [0.25, 0.3) is 0 Å². The highest BCUT2D eigenvalue weighted by molar-refractivity contribution is 5.78. The molecule has 3 rings (SSSR count). The van der Waals surface area contributed by atoms with Crippen LogP contribution in [0.5, 0.6) is 0 Å². The van der Waals surface area contributed by atoms with Crippen LogP contribution in [-0.4, -0.2) is 72.5 Å². The molecule has 0 spiro atoms. The first-order valence-electron chi connectivity index (χ1n) is 9.46. The summed E-state index contributed by atoms with van der Waals surface area (Å²) in [5.41, 5.74) is 0. The summed E-state index contributed by atoms with van der Waals surface area (Å²) < 4.78 is 0. The number of rotatable bonds is 4. The molecule has 0 aliphatic carbocycles. The number of nitrogens with zero attached hydrogens (tertiary/aromatic N) is 3. The highest BCUT2D eigenvalue weighted by atomic mass is 16.2. The lowest BCUT2D eigenvalue weighted by Gasteiger charge is -2.35. The van der Waals surface area contributed by atoms with E-state index >= 15 is 0 Å². The molecule has 0 aromatic heterocycles. The zero-order chi connectivity index (χ0) is 15.4. The van der Waals surface area contributed by atoms with Gasteiger partial charge in [0.15, 0.2) is 0 Å². The van der Waals surface area contributed by atoms with Crippen molar-refractivity contribution in [3.63, 3.8) is 0 Å². The van der Waals surface area contributed by atoms with Crippen molar-refractivity contribution < 1.29 is 4.79 Å². The van der Waals surface area contributed by atoms with Gasteiger partial charge in [-0.15, -0.1) is 0 Å². The summed E-state index contributed by atoms with van der Waals surface area (Å²) in [6.45, 7) is 9.72. The molecule has 22 heavy (non-hydrogen) atoms. The van der Waals surface area contributed by atoms with Crippen molar-refractivity contribution >= 4 is 5.91 Å². The summed E-state index contributed by atoms with van der Waals surface area (Å²) >= 11 is 0. The molecular formula is C18H33N3O. The second-order valence-corrected chi connectivity index (χ2v) is 7.71. The maximum Gasteiger partial charge on any atom is 0.236 e. The van der Waals surface area contributed by atoms with Crippen molar-refractivity contribution in [3.8, 4) is 0 Å². The Hall–Kier alpha value is -0.610. The number of hydrogen-bond donors (Lipinski definition) is 0. The van der Waals surface area contributed by atoms with E-state index in [9.17, 15) is 4.79 Å². The van der Waals surface area contributed by atoms with Crippen LogP contribution in [0.15, 0.2) is 0 Å². The fourth-order valence-corrected chi connectivity index (χ4v) is 4.44. The molecule has 0 unspecified atom stereocenters. The fraction of sp³-hybridized carbons (Fsp3) is 0.944. The van der Waals surface area contributed by atoms with Crippen molar-refractivity contribution in [2.75, 3.05) is 45.8 Å². The Bertz CT molecular complexity index is 367. The van der Waals surface area contributed by atoms with Gasteiger partial charge in [0.05, 0.1) is 6.54 Å². The molecular weight excluding hydrogens is 274 g/mol. The summed E-state index contributed by atoms with van der Waals surface area (Å²) in [4.78, 5) is 19.8. The number of carbonyl (C=O) groups excluding carboxylic acids is 1. The molecule has 126 valence electrons. The molecule has 3 heterocycles. The monoisotopic (exact) mass is 307 g/mol. The fourth-order valence-electron chi connectivity index (χ4n) is 4.44. The third kappa shape index (κ3) is 4.23. The molecule has 3 aliphatic rings. The molecule has 0 aromatic carbocycles. The Kier molecular flexibility index (Phi) is 5.75. The lowest BCUT2D eigenvalue weighted by atomic mass is 10.0. The molecule has 4 nitrogen and oxygen atoms in total. The van der Waals surface area contributed by atoms with Crippen molar-refractivity contribution in [2.24, 2.45) is 5.92 Å². The third-order valence-corrected chi connectivity index (χ3v) is 5.76. The second-order valence-electron chi connectivity index (χ2n) is 7.71. The summed E-state index contributed by atoms with van der Waals surface area (Å²) in [5.74, 6) is 1.05. The molecule has 0 aromatic rings. The van der Waals surface area contributed by atoms with E-state index in [-0.39, 0.29) is 0 Å². The Balaban J connectivity index is 1.48. The molecule has 1 amide bonds. The van der Waals surface area contributed by atoms with Crippen molar-refractivity contribution in [1.82, 2.24) is 14.7 Å². The van der Waals surface area contributed by atoms with Gasteiger partial charge < -0.3 is 9.80 Å². The third-order valence-electron chi connectivity index (χ3n) is 5.76. The molecule has 0 radical (unpaired) electrons. The zero-order valence-electron chi connectivity index (χ0n) is 14.3. The maximum atomic E-state index is 12.6. The average Bonchev–Trinajstić information content (AvgIpc) is 2.95. The van der Waals surface area contributed by atoms with Gasteiger partial charge in [0.1, 0.15) is 0 Å². The van der Waals surface area contributed by atoms with Gasteiger partial charge in [-0.3, -0.25) is 9.69 Å². The standard InChI is InChI=1S/C18H33N3O/c1-16-7-5-12-21(13-16)18(22)15-20-11-6-8-17(20)14-19-9-3-2-4-10-19/h16-17H,2-15H2,1H3/t16-,17+/m0/s1. The molecule has 0 bridgehead atoms. The minimum Gasteiger partial charge on any atom is -0.341 e. The highest BCUT2D eigenvalue weighted by Crippen LogP contribution is 2.21. The SMILES string of the molecule is C[C@H]1CCCN(C(=O)CN2CCC[C@@H]2CN2CCCCC2)C1.